The van der Waals surface area contributed by atoms with Gasteiger partial charge in [-0.05, 0) is 88.4 Å². The molecule has 0 aliphatic heterocycles. The summed E-state index contributed by atoms with van der Waals surface area (Å²) in [6.45, 7) is 9.10. The number of carbonyl (C=O) groups is 1. The van der Waals surface area contributed by atoms with Gasteiger partial charge in [0.15, 0.2) is 0 Å². The highest BCUT2D eigenvalue weighted by atomic mass is 16.5. The van der Waals surface area contributed by atoms with Crippen LogP contribution in [0.2, 0.25) is 0 Å². The third kappa shape index (κ3) is 5.16. The van der Waals surface area contributed by atoms with Gasteiger partial charge in [-0.3, -0.25) is 0 Å². The molecule has 4 rings (SSSR count). The molecule has 4 heteroatoms. The summed E-state index contributed by atoms with van der Waals surface area (Å²) in [7, 11) is 2.26. The molecule has 33 heavy (non-hydrogen) atoms. The van der Waals surface area contributed by atoms with Gasteiger partial charge < -0.3 is 14.6 Å². The van der Waals surface area contributed by atoms with Gasteiger partial charge in [-0.15, -0.1) is 0 Å². The predicted octanol–water partition coefficient (Wildman–Crippen LogP) is 6.82. The summed E-state index contributed by atoms with van der Waals surface area (Å²) in [4.78, 5) is 19.2. The summed E-state index contributed by atoms with van der Waals surface area (Å²) in [6.07, 6.45) is 7.43. The Bertz CT molecular complexity index is 1100. The van der Waals surface area contributed by atoms with Crippen molar-refractivity contribution in [3.05, 3.63) is 69.9 Å². The lowest BCUT2D eigenvalue weighted by atomic mass is 9.94. The molecule has 3 aromatic rings. The number of aromatic amines is 1. The summed E-state index contributed by atoms with van der Waals surface area (Å²) in [5.41, 5.74) is 7.16. The van der Waals surface area contributed by atoms with Crippen LogP contribution in [0.4, 0.5) is 0 Å². The Morgan fingerprint density at radius 2 is 1.79 bits per heavy atom. The van der Waals surface area contributed by atoms with E-state index in [0.29, 0.717) is 11.6 Å². The SMILES string of the molecule is Cc1cccc(C)c1C(C)OC(=O)c1c(C)[nH]c2ccc(CCN(C)C3CCCCC3)cc12. The van der Waals surface area contributed by atoms with Crippen LogP contribution >= 0.6 is 0 Å². The number of hydrogen-bond acceptors (Lipinski definition) is 3. The Morgan fingerprint density at radius 3 is 2.48 bits per heavy atom. The van der Waals surface area contributed by atoms with Gasteiger partial charge in [0.1, 0.15) is 6.10 Å². The molecule has 1 heterocycles. The fourth-order valence-electron chi connectivity index (χ4n) is 5.55. The fourth-order valence-corrected chi connectivity index (χ4v) is 5.55. The smallest absolute Gasteiger partial charge is 0.341 e. The van der Waals surface area contributed by atoms with Crippen LogP contribution in [0, 0.1) is 20.8 Å². The van der Waals surface area contributed by atoms with E-state index in [-0.39, 0.29) is 12.1 Å². The number of H-pyrrole nitrogens is 1. The van der Waals surface area contributed by atoms with Crippen LogP contribution in [0.3, 0.4) is 0 Å². The summed E-state index contributed by atoms with van der Waals surface area (Å²) in [5.74, 6) is -0.259. The molecule has 1 atom stereocenters. The Morgan fingerprint density at radius 1 is 1.09 bits per heavy atom. The van der Waals surface area contributed by atoms with Crippen molar-refractivity contribution in [1.82, 2.24) is 9.88 Å². The van der Waals surface area contributed by atoms with Crippen LogP contribution in [0.1, 0.15) is 83.4 Å². The van der Waals surface area contributed by atoms with Crippen molar-refractivity contribution < 1.29 is 9.53 Å². The Balaban J connectivity index is 1.51. The number of fused-ring (bicyclic) bond motifs is 1. The monoisotopic (exact) mass is 446 g/mol. The summed E-state index contributed by atoms with van der Waals surface area (Å²) in [5, 5.41) is 0.962. The predicted molar refractivity (Wildman–Crippen MR) is 136 cm³/mol. The molecule has 1 aliphatic carbocycles. The Hall–Kier alpha value is -2.59. The van der Waals surface area contributed by atoms with E-state index in [9.17, 15) is 4.79 Å². The second-order valence-corrected chi connectivity index (χ2v) is 9.88. The largest absolute Gasteiger partial charge is 0.454 e. The van der Waals surface area contributed by atoms with E-state index in [0.717, 1.165) is 46.3 Å². The van der Waals surface area contributed by atoms with Crippen LogP contribution in [-0.2, 0) is 11.2 Å². The molecular formula is C29H38N2O2. The molecule has 1 unspecified atom stereocenters. The highest BCUT2D eigenvalue weighted by Crippen LogP contribution is 2.29. The second-order valence-electron chi connectivity index (χ2n) is 9.88. The van der Waals surface area contributed by atoms with Gasteiger partial charge in [0, 0.05) is 29.2 Å². The number of likely N-dealkylation sites (N-methyl/N-ethyl adjacent to an activating group) is 1. The zero-order chi connectivity index (χ0) is 23.5. The van der Waals surface area contributed by atoms with E-state index >= 15 is 0 Å². The molecule has 1 fully saturated rings. The molecule has 0 spiro atoms. The lowest BCUT2D eigenvalue weighted by Crippen LogP contribution is -2.34. The minimum Gasteiger partial charge on any atom is -0.454 e. The zero-order valence-corrected chi connectivity index (χ0v) is 20.8. The number of carbonyl (C=O) groups excluding carboxylic acids is 1. The van der Waals surface area contributed by atoms with Crippen LogP contribution in [-0.4, -0.2) is 35.5 Å². The van der Waals surface area contributed by atoms with Gasteiger partial charge in [0.2, 0.25) is 0 Å². The molecule has 1 N–H and O–H groups in total. The van der Waals surface area contributed by atoms with Gasteiger partial charge in [-0.25, -0.2) is 4.79 Å². The van der Waals surface area contributed by atoms with Crippen LogP contribution in [0.25, 0.3) is 10.9 Å². The van der Waals surface area contributed by atoms with E-state index in [4.69, 9.17) is 4.74 Å². The summed E-state index contributed by atoms with van der Waals surface area (Å²) < 4.78 is 5.98. The molecule has 176 valence electrons. The number of hydrogen-bond donors (Lipinski definition) is 1. The molecule has 0 radical (unpaired) electrons. The number of ether oxygens (including phenoxy) is 1. The van der Waals surface area contributed by atoms with Crippen molar-refractivity contribution in [3.8, 4) is 0 Å². The first kappa shape index (κ1) is 23.6. The molecule has 2 aromatic carbocycles. The molecule has 0 saturated heterocycles. The van der Waals surface area contributed by atoms with Crippen molar-refractivity contribution in [2.75, 3.05) is 13.6 Å². The van der Waals surface area contributed by atoms with Gasteiger partial charge >= 0.3 is 5.97 Å². The van der Waals surface area contributed by atoms with Gasteiger partial charge in [-0.2, -0.15) is 0 Å². The lowest BCUT2D eigenvalue weighted by molar-refractivity contribution is 0.0337. The second kappa shape index (κ2) is 10.1. The van der Waals surface area contributed by atoms with Crippen LogP contribution in [0.5, 0.6) is 0 Å². The maximum atomic E-state index is 13.3. The molecule has 0 bridgehead atoms. The number of aryl methyl sites for hydroxylation is 3. The molecule has 1 aromatic heterocycles. The molecule has 1 saturated carbocycles. The number of esters is 1. The summed E-state index contributed by atoms with van der Waals surface area (Å²) in [6, 6.07) is 13.4. The fraction of sp³-hybridized carbons (Fsp3) is 0.483. The number of rotatable bonds is 7. The maximum absolute atomic E-state index is 13.3. The first-order valence-electron chi connectivity index (χ1n) is 12.4. The van der Waals surface area contributed by atoms with Gasteiger partial charge in [0.05, 0.1) is 5.56 Å². The molecule has 4 nitrogen and oxygen atoms in total. The number of benzene rings is 2. The van der Waals surface area contributed by atoms with Crippen molar-refractivity contribution >= 4 is 16.9 Å². The minimum absolute atomic E-state index is 0.259. The van der Waals surface area contributed by atoms with E-state index in [1.165, 1.54) is 37.7 Å². The van der Waals surface area contributed by atoms with E-state index < -0.39 is 0 Å². The molecule has 1 aliphatic rings. The normalized spacial score (nSPS) is 15.8. The topological polar surface area (TPSA) is 45.3 Å². The average molecular weight is 447 g/mol. The van der Waals surface area contributed by atoms with E-state index in [1.807, 2.05) is 19.9 Å². The quantitative estimate of drug-likeness (QED) is 0.405. The third-order valence-electron chi connectivity index (χ3n) is 7.44. The van der Waals surface area contributed by atoms with Crippen LogP contribution < -0.4 is 0 Å². The highest BCUT2D eigenvalue weighted by Gasteiger charge is 2.23. The zero-order valence-electron chi connectivity index (χ0n) is 20.8. The first-order valence-corrected chi connectivity index (χ1v) is 12.4. The highest BCUT2D eigenvalue weighted by molar-refractivity contribution is 6.05. The van der Waals surface area contributed by atoms with E-state index in [2.05, 4.69) is 61.1 Å². The van der Waals surface area contributed by atoms with Crippen molar-refractivity contribution in [1.29, 1.82) is 0 Å². The first-order chi connectivity index (χ1) is 15.8. The molecule has 0 amide bonds. The van der Waals surface area contributed by atoms with Crippen molar-refractivity contribution in [2.45, 2.75) is 78.4 Å². The standard InChI is InChI=1S/C29H38N2O2/c1-19-10-9-11-20(2)27(19)22(4)33-29(32)28-21(3)30-26-15-14-23(18-25(26)28)16-17-31(5)24-12-7-6-8-13-24/h9-11,14-15,18,22,24,30H,6-8,12-13,16-17H2,1-5H3. The third-order valence-corrected chi connectivity index (χ3v) is 7.44. The van der Waals surface area contributed by atoms with Crippen LogP contribution in [0.15, 0.2) is 36.4 Å². The number of aromatic nitrogens is 1. The van der Waals surface area contributed by atoms with Crippen molar-refractivity contribution in [2.24, 2.45) is 0 Å². The maximum Gasteiger partial charge on any atom is 0.341 e. The number of nitrogens with one attached hydrogen (secondary N) is 1. The minimum atomic E-state index is -0.296. The average Bonchev–Trinajstić information content (AvgIpc) is 3.13. The van der Waals surface area contributed by atoms with Gasteiger partial charge in [-0.1, -0.05) is 43.5 Å². The summed E-state index contributed by atoms with van der Waals surface area (Å²) >= 11 is 0. The molecular weight excluding hydrogens is 408 g/mol. The van der Waals surface area contributed by atoms with E-state index in [1.54, 1.807) is 0 Å². The lowest BCUT2D eigenvalue weighted by Gasteiger charge is -2.31. The van der Waals surface area contributed by atoms with Gasteiger partial charge in [0.25, 0.3) is 0 Å². The Kier molecular flexibility index (Phi) is 7.23. The van der Waals surface area contributed by atoms with Crippen molar-refractivity contribution in [3.63, 3.8) is 0 Å². The Labute approximate surface area is 198 Å². The number of nitrogens with zero attached hydrogens (tertiary/aromatic N) is 1.